The Balaban J connectivity index is 1.61. The van der Waals surface area contributed by atoms with Gasteiger partial charge in [-0.25, -0.2) is 0 Å². The Bertz CT molecular complexity index is 1170. The minimum atomic E-state index is -0.835. The molecule has 2 fully saturated rings. The maximum atomic E-state index is 14.0. The number of nitrogens with zero attached hydrogens (tertiary/aromatic N) is 3. The third kappa shape index (κ3) is 6.67. The van der Waals surface area contributed by atoms with Crippen LogP contribution in [0.2, 0.25) is 0 Å². The topological polar surface area (TPSA) is 103 Å². The van der Waals surface area contributed by atoms with Gasteiger partial charge in [0.1, 0.15) is 18.8 Å². The van der Waals surface area contributed by atoms with Crippen LogP contribution in [0.5, 0.6) is 5.75 Å². The molecule has 0 spiro atoms. The van der Waals surface area contributed by atoms with Crippen molar-refractivity contribution >= 4 is 34.4 Å². The fraction of sp³-hybridized carbons (Fsp3) is 0.613. The Morgan fingerprint density at radius 1 is 0.825 bits per heavy atom. The Morgan fingerprint density at radius 3 is 1.95 bits per heavy atom. The highest BCUT2D eigenvalue weighted by atomic mass is 16.5. The predicted octanol–water partition coefficient (Wildman–Crippen LogP) is 4.55. The van der Waals surface area contributed by atoms with Crippen LogP contribution in [0.3, 0.4) is 0 Å². The third-order valence-electron chi connectivity index (χ3n) is 8.61. The summed E-state index contributed by atoms with van der Waals surface area (Å²) in [7, 11) is 1.56. The van der Waals surface area contributed by atoms with Crippen LogP contribution in [-0.4, -0.2) is 88.6 Å². The Morgan fingerprint density at radius 2 is 1.40 bits per heavy atom. The first-order valence-electron chi connectivity index (χ1n) is 15.0. The summed E-state index contributed by atoms with van der Waals surface area (Å²) < 4.78 is 5.27. The van der Waals surface area contributed by atoms with Crippen LogP contribution < -0.4 is 4.74 Å². The second kappa shape index (κ2) is 13.8. The third-order valence-corrected chi connectivity index (χ3v) is 8.61. The molecule has 0 radical (unpaired) electrons. The first-order chi connectivity index (χ1) is 19.4. The van der Waals surface area contributed by atoms with Gasteiger partial charge in [-0.05, 0) is 51.7 Å². The van der Waals surface area contributed by atoms with E-state index in [0.29, 0.717) is 29.7 Å². The molecule has 40 heavy (non-hydrogen) atoms. The van der Waals surface area contributed by atoms with Gasteiger partial charge in [0.05, 0.1) is 12.7 Å². The molecule has 2 aromatic rings. The van der Waals surface area contributed by atoms with E-state index in [-0.39, 0.29) is 42.6 Å². The molecule has 0 bridgehead atoms. The van der Waals surface area contributed by atoms with E-state index in [1.807, 2.05) is 18.7 Å². The molecule has 2 saturated carbocycles. The molecule has 9 nitrogen and oxygen atoms in total. The monoisotopic (exact) mass is 552 g/mol. The number of carbonyl (C=O) groups is 4. The number of aromatic amines is 1. The van der Waals surface area contributed by atoms with E-state index in [4.69, 9.17) is 4.74 Å². The number of H-pyrrole nitrogens is 1. The van der Waals surface area contributed by atoms with E-state index in [1.54, 1.807) is 30.2 Å². The number of hydrogen-bond donors (Lipinski definition) is 1. The van der Waals surface area contributed by atoms with Crippen LogP contribution in [0.25, 0.3) is 10.9 Å². The van der Waals surface area contributed by atoms with Crippen LogP contribution in [0.1, 0.15) is 88.4 Å². The van der Waals surface area contributed by atoms with Crippen molar-refractivity contribution in [1.29, 1.82) is 0 Å². The Kier molecular flexibility index (Phi) is 10.2. The van der Waals surface area contributed by atoms with Crippen LogP contribution >= 0.6 is 0 Å². The molecule has 1 heterocycles. The highest BCUT2D eigenvalue weighted by molar-refractivity contribution is 6.45. The molecule has 4 rings (SSSR count). The van der Waals surface area contributed by atoms with Gasteiger partial charge in [-0.3, -0.25) is 19.2 Å². The number of rotatable bonds is 11. The van der Waals surface area contributed by atoms with E-state index < -0.39 is 11.7 Å². The lowest BCUT2D eigenvalue weighted by Crippen LogP contribution is -2.54. The number of Topliss-reactive ketones (excluding diaryl/α,β-unsaturated/α-hetero) is 1. The molecule has 218 valence electrons. The fourth-order valence-corrected chi connectivity index (χ4v) is 6.39. The zero-order chi connectivity index (χ0) is 28.6. The lowest BCUT2D eigenvalue weighted by Gasteiger charge is -2.42. The fourth-order valence-electron chi connectivity index (χ4n) is 6.39. The summed E-state index contributed by atoms with van der Waals surface area (Å²) in [6, 6.07) is 5.52. The van der Waals surface area contributed by atoms with E-state index in [9.17, 15) is 19.2 Å². The second-order valence-corrected chi connectivity index (χ2v) is 11.1. The molecule has 2 aliphatic carbocycles. The summed E-state index contributed by atoms with van der Waals surface area (Å²) in [4.78, 5) is 62.3. The number of ether oxygens (including phenoxy) is 1. The smallest absolute Gasteiger partial charge is 0.295 e. The van der Waals surface area contributed by atoms with Crippen LogP contribution in [0.4, 0.5) is 0 Å². The van der Waals surface area contributed by atoms with Crippen LogP contribution in [0.15, 0.2) is 24.4 Å². The molecule has 9 heteroatoms. The van der Waals surface area contributed by atoms with E-state index in [1.165, 1.54) is 23.9 Å². The molecule has 1 aromatic carbocycles. The SMILES string of the molecule is CCN(CC)C(=O)CN(CC(=O)N(C1CCCCC1)C1CCCCC1)C(=O)C(=O)c1c[nH]c2cc(OC)ccc12. The van der Waals surface area contributed by atoms with Crippen molar-refractivity contribution in [2.24, 2.45) is 0 Å². The standard InChI is InChI=1S/C31H44N4O5/c1-4-33(5-2)28(36)20-34(31(39)30(38)26-19-32-27-18-24(40-3)16-17-25(26)27)21-29(37)35(22-12-8-6-9-13-22)23-14-10-7-11-15-23/h16-19,22-23,32H,4-15,20-21H2,1-3H3. The van der Waals surface area contributed by atoms with Gasteiger partial charge in [-0.2, -0.15) is 0 Å². The van der Waals surface area contributed by atoms with Gasteiger partial charge in [-0.15, -0.1) is 0 Å². The number of carbonyl (C=O) groups excluding carboxylic acids is 4. The molecule has 0 unspecified atom stereocenters. The van der Waals surface area contributed by atoms with Crippen LogP contribution in [-0.2, 0) is 14.4 Å². The van der Waals surface area contributed by atoms with Gasteiger partial charge in [-0.1, -0.05) is 38.5 Å². The predicted molar refractivity (Wildman–Crippen MR) is 154 cm³/mol. The highest BCUT2D eigenvalue weighted by Crippen LogP contribution is 2.31. The largest absolute Gasteiger partial charge is 0.497 e. The maximum Gasteiger partial charge on any atom is 0.295 e. The van der Waals surface area contributed by atoms with Crippen molar-refractivity contribution in [1.82, 2.24) is 19.7 Å². The number of aromatic nitrogens is 1. The average molecular weight is 553 g/mol. The quantitative estimate of drug-likeness (QED) is 0.325. The summed E-state index contributed by atoms with van der Waals surface area (Å²) in [6.07, 6.45) is 12.1. The number of fused-ring (bicyclic) bond motifs is 1. The van der Waals surface area contributed by atoms with Crippen molar-refractivity contribution in [2.45, 2.75) is 90.1 Å². The molecule has 3 amide bonds. The summed E-state index contributed by atoms with van der Waals surface area (Å²) in [5.74, 6) is -1.38. The van der Waals surface area contributed by atoms with Gasteiger partial charge in [0.15, 0.2) is 0 Å². The van der Waals surface area contributed by atoms with Gasteiger partial charge in [0.2, 0.25) is 11.8 Å². The van der Waals surface area contributed by atoms with Gasteiger partial charge in [0, 0.05) is 48.3 Å². The number of likely N-dealkylation sites (N-methyl/N-ethyl adjacent to an activating group) is 1. The first-order valence-corrected chi connectivity index (χ1v) is 15.0. The molecule has 0 aliphatic heterocycles. The molecule has 0 saturated heterocycles. The minimum Gasteiger partial charge on any atom is -0.497 e. The summed E-state index contributed by atoms with van der Waals surface area (Å²) in [6.45, 7) is 4.13. The first kappa shape index (κ1) is 29.6. The van der Waals surface area contributed by atoms with Crippen molar-refractivity contribution < 1.29 is 23.9 Å². The van der Waals surface area contributed by atoms with Crippen molar-refractivity contribution in [3.63, 3.8) is 0 Å². The number of nitrogens with one attached hydrogen (secondary N) is 1. The minimum absolute atomic E-state index is 0.152. The molecule has 2 aliphatic rings. The van der Waals surface area contributed by atoms with Gasteiger partial charge < -0.3 is 24.4 Å². The number of benzene rings is 1. The molecule has 0 atom stereocenters. The lowest BCUT2D eigenvalue weighted by molar-refractivity contribution is -0.145. The number of hydrogen-bond acceptors (Lipinski definition) is 5. The summed E-state index contributed by atoms with van der Waals surface area (Å²) in [5, 5.41) is 0.589. The zero-order valence-corrected chi connectivity index (χ0v) is 24.2. The molecule has 1 N–H and O–H groups in total. The number of ketones is 1. The van der Waals surface area contributed by atoms with E-state index in [2.05, 4.69) is 4.98 Å². The summed E-state index contributed by atoms with van der Waals surface area (Å²) in [5.41, 5.74) is 0.880. The highest BCUT2D eigenvalue weighted by Gasteiger charge is 2.36. The number of amides is 3. The number of methoxy groups -OCH3 is 1. The van der Waals surface area contributed by atoms with Gasteiger partial charge in [0.25, 0.3) is 11.7 Å². The Hall–Kier alpha value is -3.36. The average Bonchev–Trinajstić information content (AvgIpc) is 3.41. The Labute approximate surface area is 237 Å². The van der Waals surface area contributed by atoms with E-state index in [0.717, 1.165) is 51.4 Å². The molecular weight excluding hydrogens is 508 g/mol. The van der Waals surface area contributed by atoms with Crippen molar-refractivity contribution in [2.75, 3.05) is 33.3 Å². The van der Waals surface area contributed by atoms with Gasteiger partial charge >= 0.3 is 0 Å². The normalized spacial score (nSPS) is 16.5. The lowest BCUT2D eigenvalue weighted by atomic mass is 9.88. The second-order valence-electron chi connectivity index (χ2n) is 11.1. The molecule has 1 aromatic heterocycles. The summed E-state index contributed by atoms with van der Waals surface area (Å²) >= 11 is 0. The maximum absolute atomic E-state index is 14.0. The van der Waals surface area contributed by atoms with Crippen LogP contribution in [0, 0.1) is 0 Å². The van der Waals surface area contributed by atoms with E-state index >= 15 is 0 Å². The molecular formula is C31H44N4O5. The van der Waals surface area contributed by atoms with Crippen molar-refractivity contribution in [3.05, 3.63) is 30.0 Å². The zero-order valence-electron chi connectivity index (χ0n) is 24.2. The van der Waals surface area contributed by atoms with Crippen molar-refractivity contribution in [3.8, 4) is 5.75 Å².